The number of hydrogen-bond donors (Lipinski definition) is 2. The van der Waals surface area contributed by atoms with E-state index in [9.17, 15) is 19.2 Å². The third-order valence-electron chi connectivity index (χ3n) is 3.86. The van der Waals surface area contributed by atoms with E-state index in [1.54, 1.807) is 25.2 Å². The minimum Gasteiger partial charge on any atom is -0.318 e. The molecule has 0 aromatic heterocycles. The molecule has 0 aliphatic carbocycles. The maximum Gasteiger partial charge on any atom is 0.326 e. The van der Waals surface area contributed by atoms with Gasteiger partial charge in [-0.25, -0.2) is 4.79 Å². The molecule has 1 aromatic rings. The fraction of sp³-hybridized carbons (Fsp3) is 0.412. The predicted molar refractivity (Wildman–Crippen MR) is 90.4 cm³/mol. The van der Waals surface area contributed by atoms with E-state index in [1.165, 1.54) is 9.80 Å². The lowest BCUT2D eigenvalue weighted by molar-refractivity contribution is -0.125. The van der Waals surface area contributed by atoms with Crippen LogP contribution in [-0.2, 0) is 9.59 Å². The summed E-state index contributed by atoms with van der Waals surface area (Å²) in [6, 6.07) is 6.73. The van der Waals surface area contributed by atoms with Crippen LogP contribution in [0.2, 0.25) is 0 Å². The number of nitrogens with zero attached hydrogens (tertiary/aromatic N) is 2. The second kappa shape index (κ2) is 8.27. The van der Waals surface area contributed by atoms with Crippen molar-refractivity contribution in [2.45, 2.75) is 26.2 Å². The first-order valence-electron chi connectivity index (χ1n) is 8.10. The molecule has 0 saturated carbocycles. The molecular weight excluding hydrogens is 324 g/mol. The van der Waals surface area contributed by atoms with Crippen molar-refractivity contribution in [1.82, 2.24) is 20.7 Å². The second-order valence-electron chi connectivity index (χ2n) is 6.01. The standard InChI is InChI=1S/C17H22N4O4/c1-12-6-5-7-13(10-12)16(24)19-18-14(22)8-3-4-9-21-15(23)11-20(2)17(21)25/h5-7,10H,3-4,8-9,11H2,1-2H3,(H,18,22)(H,19,24). The number of nitrogens with one attached hydrogen (secondary N) is 2. The summed E-state index contributed by atoms with van der Waals surface area (Å²) in [7, 11) is 1.57. The van der Waals surface area contributed by atoms with Gasteiger partial charge in [-0.2, -0.15) is 0 Å². The Morgan fingerprint density at radius 3 is 2.56 bits per heavy atom. The third kappa shape index (κ3) is 5.03. The van der Waals surface area contributed by atoms with E-state index in [2.05, 4.69) is 10.9 Å². The molecule has 0 spiro atoms. The van der Waals surface area contributed by atoms with Crippen LogP contribution in [0, 0.1) is 6.92 Å². The molecule has 1 fully saturated rings. The van der Waals surface area contributed by atoms with Gasteiger partial charge in [-0.05, 0) is 31.9 Å². The van der Waals surface area contributed by atoms with E-state index in [1.807, 2.05) is 13.0 Å². The highest BCUT2D eigenvalue weighted by Gasteiger charge is 2.32. The number of hydrazine groups is 1. The average molecular weight is 346 g/mol. The Balaban J connectivity index is 1.65. The quantitative estimate of drug-likeness (QED) is 0.452. The van der Waals surface area contributed by atoms with Gasteiger partial charge in [-0.3, -0.25) is 30.1 Å². The fourth-order valence-corrected chi connectivity index (χ4v) is 2.49. The first kappa shape index (κ1) is 18.4. The van der Waals surface area contributed by atoms with Crippen molar-refractivity contribution in [3.8, 4) is 0 Å². The minimum atomic E-state index is -0.381. The zero-order valence-electron chi connectivity index (χ0n) is 14.4. The van der Waals surface area contributed by atoms with Gasteiger partial charge in [0, 0.05) is 25.6 Å². The highest BCUT2D eigenvalue weighted by molar-refractivity contribution is 6.01. The number of amides is 5. The average Bonchev–Trinajstić information content (AvgIpc) is 2.82. The lowest BCUT2D eigenvalue weighted by Crippen LogP contribution is -2.41. The third-order valence-corrected chi connectivity index (χ3v) is 3.86. The molecule has 1 saturated heterocycles. The molecule has 1 aliphatic rings. The zero-order valence-corrected chi connectivity index (χ0v) is 14.4. The summed E-state index contributed by atoms with van der Waals surface area (Å²) in [5.74, 6) is -0.923. The number of carbonyl (C=O) groups excluding carboxylic acids is 4. The van der Waals surface area contributed by atoms with Crippen LogP contribution in [0.1, 0.15) is 35.2 Å². The number of aryl methyl sites for hydroxylation is 1. The zero-order chi connectivity index (χ0) is 18.4. The van der Waals surface area contributed by atoms with Crippen LogP contribution in [0.3, 0.4) is 0 Å². The molecule has 8 heteroatoms. The van der Waals surface area contributed by atoms with Crippen molar-refractivity contribution >= 4 is 23.8 Å². The van der Waals surface area contributed by atoms with Crippen molar-refractivity contribution in [1.29, 1.82) is 0 Å². The summed E-state index contributed by atoms with van der Waals surface area (Å²) in [5, 5.41) is 0. The molecule has 1 aromatic carbocycles. The van der Waals surface area contributed by atoms with Crippen LogP contribution in [0.4, 0.5) is 4.79 Å². The Kier molecular flexibility index (Phi) is 6.10. The summed E-state index contributed by atoms with van der Waals surface area (Å²) in [4.78, 5) is 49.5. The van der Waals surface area contributed by atoms with Crippen LogP contribution in [0.5, 0.6) is 0 Å². The minimum absolute atomic E-state index is 0.101. The maximum atomic E-state index is 11.9. The first-order chi connectivity index (χ1) is 11.9. The van der Waals surface area contributed by atoms with Crippen LogP contribution in [0.25, 0.3) is 0 Å². The number of likely N-dealkylation sites (N-methyl/N-ethyl adjacent to an activating group) is 1. The molecule has 2 rings (SSSR count). The Morgan fingerprint density at radius 2 is 1.92 bits per heavy atom. The molecule has 0 atom stereocenters. The molecule has 0 bridgehead atoms. The molecule has 8 nitrogen and oxygen atoms in total. The van der Waals surface area contributed by atoms with Gasteiger partial charge in [-0.15, -0.1) is 0 Å². The van der Waals surface area contributed by atoms with Gasteiger partial charge in [-0.1, -0.05) is 17.7 Å². The number of hydrogen-bond acceptors (Lipinski definition) is 4. The molecule has 1 heterocycles. The van der Waals surface area contributed by atoms with Gasteiger partial charge < -0.3 is 4.90 Å². The van der Waals surface area contributed by atoms with Crippen molar-refractivity contribution < 1.29 is 19.2 Å². The summed E-state index contributed by atoms with van der Waals surface area (Å²) in [5.41, 5.74) is 6.15. The van der Waals surface area contributed by atoms with Crippen LogP contribution in [-0.4, -0.2) is 53.7 Å². The summed E-state index contributed by atoms with van der Waals surface area (Å²) in [6.07, 6.45) is 1.23. The van der Waals surface area contributed by atoms with Crippen LogP contribution >= 0.6 is 0 Å². The molecule has 1 aliphatic heterocycles. The largest absolute Gasteiger partial charge is 0.326 e. The molecular formula is C17H22N4O4. The lowest BCUT2D eigenvalue weighted by atomic mass is 10.1. The highest BCUT2D eigenvalue weighted by atomic mass is 16.2. The molecule has 0 unspecified atom stereocenters. The second-order valence-corrected chi connectivity index (χ2v) is 6.01. The Hall–Kier alpha value is -2.90. The Bertz CT molecular complexity index is 689. The van der Waals surface area contributed by atoms with Gasteiger partial charge in [0.1, 0.15) is 6.54 Å². The van der Waals surface area contributed by atoms with E-state index >= 15 is 0 Å². The smallest absolute Gasteiger partial charge is 0.318 e. The van der Waals surface area contributed by atoms with Crippen molar-refractivity contribution in [3.05, 3.63) is 35.4 Å². The number of imide groups is 1. The molecule has 2 N–H and O–H groups in total. The SMILES string of the molecule is Cc1cccc(C(=O)NNC(=O)CCCCN2C(=O)CN(C)C2=O)c1. The van der Waals surface area contributed by atoms with Gasteiger partial charge in [0.25, 0.3) is 5.91 Å². The van der Waals surface area contributed by atoms with E-state index in [4.69, 9.17) is 0 Å². The number of urea groups is 1. The monoisotopic (exact) mass is 346 g/mol. The topological polar surface area (TPSA) is 98.8 Å². The summed E-state index contributed by atoms with van der Waals surface area (Å²) >= 11 is 0. The van der Waals surface area contributed by atoms with Gasteiger partial charge in [0.05, 0.1) is 0 Å². The summed E-state index contributed by atoms with van der Waals surface area (Å²) < 4.78 is 0. The van der Waals surface area contributed by atoms with E-state index in [-0.39, 0.29) is 36.7 Å². The van der Waals surface area contributed by atoms with Crippen molar-refractivity contribution in [3.63, 3.8) is 0 Å². The number of unbranched alkanes of at least 4 members (excludes halogenated alkanes) is 1. The van der Waals surface area contributed by atoms with Crippen molar-refractivity contribution in [2.24, 2.45) is 0 Å². The number of benzene rings is 1. The number of rotatable bonds is 6. The molecule has 5 amide bonds. The lowest BCUT2D eigenvalue weighted by Gasteiger charge is -2.13. The normalized spacial score (nSPS) is 14.0. The van der Waals surface area contributed by atoms with Crippen LogP contribution < -0.4 is 10.9 Å². The highest BCUT2D eigenvalue weighted by Crippen LogP contribution is 2.09. The first-order valence-corrected chi connectivity index (χ1v) is 8.10. The van der Waals surface area contributed by atoms with Gasteiger partial charge in [0.15, 0.2) is 0 Å². The van der Waals surface area contributed by atoms with E-state index in [0.29, 0.717) is 24.9 Å². The molecule has 25 heavy (non-hydrogen) atoms. The Labute approximate surface area is 146 Å². The van der Waals surface area contributed by atoms with E-state index in [0.717, 1.165) is 5.56 Å². The van der Waals surface area contributed by atoms with E-state index < -0.39 is 0 Å². The number of carbonyl (C=O) groups is 4. The van der Waals surface area contributed by atoms with Crippen molar-refractivity contribution in [2.75, 3.05) is 20.1 Å². The van der Waals surface area contributed by atoms with Gasteiger partial charge >= 0.3 is 6.03 Å². The molecule has 134 valence electrons. The molecule has 0 radical (unpaired) electrons. The maximum absolute atomic E-state index is 11.9. The Morgan fingerprint density at radius 1 is 1.16 bits per heavy atom. The van der Waals surface area contributed by atoms with Gasteiger partial charge in [0.2, 0.25) is 11.8 Å². The fourth-order valence-electron chi connectivity index (χ4n) is 2.49. The summed E-state index contributed by atoms with van der Waals surface area (Å²) in [6.45, 7) is 2.28. The predicted octanol–water partition coefficient (Wildman–Crippen LogP) is 0.820. The van der Waals surface area contributed by atoms with Crippen LogP contribution in [0.15, 0.2) is 24.3 Å².